The molecule has 256 valence electrons. The Balaban J connectivity index is 1.42. The van der Waals surface area contributed by atoms with E-state index >= 15 is 0 Å². The number of nitrogens with one attached hydrogen (secondary N) is 3. The Bertz CT molecular complexity index is 1910. The molecule has 49 heavy (non-hydrogen) atoms. The zero-order valence-electron chi connectivity index (χ0n) is 28.2. The van der Waals surface area contributed by atoms with Crippen molar-refractivity contribution in [1.82, 2.24) is 20.4 Å². The number of piperazine rings is 1. The van der Waals surface area contributed by atoms with Crippen LogP contribution >= 0.6 is 12.2 Å². The van der Waals surface area contributed by atoms with E-state index in [-0.39, 0.29) is 46.6 Å². The van der Waals surface area contributed by atoms with Gasteiger partial charge in [0, 0.05) is 46.2 Å². The van der Waals surface area contributed by atoms with Crippen LogP contribution in [-0.4, -0.2) is 82.1 Å². The van der Waals surface area contributed by atoms with Crippen LogP contribution in [0.15, 0.2) is 42.1 Å². The van der Waals surface area contributed by atoms with E-state index in [1.807, 2.05) is 55.3 Å². The lowest BCUT2D eigenvalue weighted by molar-refractivity contribution is -0.122. The fourth-order valence-corrected chi connectivity index (χ4v) is 7.90. The van der Waals surface area contributed by atoms with E-state index in [1.54, 1.807) is 19.9 Å². The minimum absolute atomic E-state index is 0.0117. The molecule has 12 nitrogen and oxygen atoms in total. The number of phenolic OH excluding ortho intramolecular Hbond substituents is 3. The molecule has 0 radical (unpaired) electrons. The van der Waals surface area contributed by atoms with Crippen molar-refractivity contribution in [3.8, 4) is 34.8 Å². The zero-order chi connectivity index (χ0) is 35.3. The summed E-state index contributed by atoms with van der Waals surface area (Å²) in [4.78, 5) is 17.5. The lowest BCUT2D eigenvalue weighted by atomic mass is 9.75. The number of benzene rings is 3. The van der Waals surface area contributed by atoms with Crippen LogP contribution in [0, 0.1) is 25.2 Å². The molecule has 6 N–H and O–H groups in total. The summed E-state index contributed by atoms with van der Waals surface area (Å²) in [6.45, 7) is 5.15. The summed E-state index contributed by atoms with van der Waals surface area (Å²) in [6, 6.07) is 10.7. The van der Waals surface area contributed by atoms with Crippen LogP contribution in [0.25, 0.3) is 6.08 Å². The monoisotopic (exact) mass is 684 g/mol. The summed E-state index contributed by atoms with van der Waals surface area (Å²) in [5.74, 6) is -0.185. The van der Waals surface area contributed by atoms with Crippen molar-refractivity contribution in [2.24, 2.45) is 0 Å². The number of hydrogen-bond donors (Lipinski definition) is 6. The highest BCUT2D eigenvalue weighted by atomic mass is 32.1. The largest absolute Gasteiger partial charge is 0.507 e. The molecule has 0 aliphatic carbocycles. The number of thiocarbonyl (C=S) groups is 1. The summed E-state index contributed by atoms with van der Waals surface area (Å²) >= 11 is 5.43. The van der Waals surface area contributed by atoms with Crippen LogP contribution in [0.4, 0.5) is 5.69 Å². The number of aryl methyl sites for hydroxylation is 1. The van der Waals surface area contributed by atoms with E-state index in [9.17, 15) is 25.4 Å². The quantitative estimate of drug-likeness (QED) is 0.156. The molecule has 3 aromatic carbocycles. The van der Waals surface area contributed by atoms with Gasteiger partial charge in [-0.1, -0.05) is 24.3 Å². The van der Waals surface area contributed by atoms with Gasteiger partial charge < -0.3 is 45.6 Å². The molecule has 0 unspecified atom stereocenters. The third kappa shape index (κ3) is 5.50. The Morgan fingerprint density at radius 1 is 1.08 bits per heavy atom. The van der Waals surface area contributed by atoms with E-state index in [4.69, 9.17) is 21.7 Å². The topological polar surface area (TPSA) is 163 Å². The number of carbonyl (C=O) groups is 1. The normalized spacial score (nSPS) is 21.2. The maximum Gasteiger partial charge on any atom is 0.242 e. The smallest absolute Gasteiger partial charge is 0.242 e. The molecule has 3 aromatic rings. The van der Waals surface area contributed by atoms with Gasteiger partial charge in [0.2, 0.25) is 5.91 Å². The van der Waals surface area contributed by atoms with E-state index in [0.29, 0.717) is 40.1 Å². The number of hydrogen-bond acceptors (Lipinski definition) is 10. The zero-order valence-corrected chi connectivity index (χ0v) is 29.0. The second-order valence-corrected chi connectivity index (χ2v) is 13.1. The summed E-state index contributed by atoms with van der Waals surface area (Å²) in [5.41, 5.74) is 4.72. The molecule has 1 amide bonds. The Morgan fingerprint density at radius 3 is 2.41 bits per heavy atom. The van der Waals surface area contributed by atoms with Gasteiger partial charge in [-0.05, 0) is 75.8 Å². The predicted octanol–water partition coefficient (Wildman–Crippen LogP) is 4.13. The number of rotatable bonds is 7. The van der Waals surface area contributed by atoms with Crippen LogP contribution in [0.5, 0.6) is 28.7 Å². The van der Waals surface area contributed by atoms with E-state index in [1.165, 1.54) is 14.2 Å². The third-order valence-corrected chi connectivity index (χ3v) is 10.1. The van der Waals surface area contributed by atoms with Gasteiger partial charge in [-0.2, -0.15) is 5.26 Å². The van der Waals surface area contributed by atoms with Crippen LogP contribution in [0.2, 0.25) is 0 Å². The van der Waals surface area contributed by atoms with E-state index in [2.05, 4.69) is 26.9 Å². The average molecular weight is 685 g/mol. The van der Waals surface area contributed by atoms with Gasteiger partial charge >= 0.3 is 0 Å². The van der Waals surface area contributed by atoms with Crippen molar-refractivity contribution in [2.75, 3.05) is 33.1 Å². The second-order valence-electron chi connectivity index (χ2n) is 12.7. The molecule has 5 atom stereocenters. The summed E-state index contributed by atoms with van der Waals surface area (Å²) in [5, 5.41) is 54.8. The van der Waals surface area contributed by atoms with Gasteiger partial charge in [-0.25, -0.2) is 0 Å². The van der Waals surface area contributed by atoms with E-state index in [0.717, 1.165) is 16.8 Å². The van der Waals surface area contributed by atoms with Crippen molar-refractivity contribution < 1.29 is 29.6 Å². The van der Waals surface area contributed by atoms with Gasteiger partial charge in [-0.15, -0.1) is 0 Å². The molecule has 0 saturated carbocycles. The lowest BCUT2D eigenvalue weighted by Gasteiger charge is -2.57. The van der Waals surface area contributed by atoms with Crippen molar-refractivity contribution >= 4 is 35.0 Å². The molecular formula is C36H40N6O6S. The number of para-hydroxylation sites is 1. The van der Waals surface area contributed by atoms with Gasteiger partial charge in [-0.3, -0.25) is 9.69 Å². The Labute approximate surface area is 290 Å². The first kappa shape index (κ1) is 33.7. The van der Waals surface area contributed by atoms with Gasteiger partial charge in [0.05, 0.1) is 32.4 Å². The van der Waals surface area contributed by atoms with Gasteiger partial charge in [0.15, 0.2) is 28.1 Å². The van der Waals surface area contributed by atoms with Crippen molar-refractivity contribution in [3.05, 3.63) is 75.5 Å². The molecule has 1 fully saturated rings. The second kappa shape index (κ2) is 13.0. The number of nitrogens with zero attached hydrogens (tertiary/aromatic N) is 3. The highest BCUT2D eigenvalue weighted by Crippen LogP contribution is 2.58. The number of fused-ring (bicyclic) bond motifs is 7. The van der Waals surface area contributed by atoms with Crippen LogP contribution in [0.1, 0.15) is 52.4 Å². The summed E-state index contributed by atoms with van der Waals surface area (Å²) in [7, 11) is 4.83. The number of nitriles is 1. The maximum absolute atomic E-state index is 13.5. The standard InChI is InChI=1S/C36H40N6O6S/c1-17-12-20-13-23-25(15-37)42-24(29(41(23)4)27(20)31(44)33(17)47-5)14-22-28(32(45)34(48-6)18(2)30(22)43)26(42)16-38-35(46)19(3)39-36(49)40-21-10-8-7-9-11-21/h7-12,14,19,23,25-26,29,43-45H,13,16H2,1-6H3,(H,38,46)(H2,39,40,49)/t19-,23-,25-,26-,29-/m0/s1. The third-order valence-electron chi connectivity index (χ3n) is 9.90. The Kier molecular flexibility index (Phi) is 8.96. The van der Waals surface area contributed by atoms with Gasteiger partial charge in [0.1, 0.15) is 17.8 Å². The number of anilines is 1. The maximum atomic E-state index is 13.5. The highest BCUT2D eigenvalue weighted by Gasteiger charge is 2.53. The first-order valence-corrected chi connectivity index (χ1v) is 16.4. The number of likely N-dealkylation sites (N-methyl/N-ethyl adjacent to an activating group) is 1. The predicted molar refractivity (Wildman–Crippen MR) is 189 cm³/mol. The number of methoxy groups -OCH3 is 2. The number of carbonyl (C=O) groups excluding carboxylic acids is 1. The highest BCUT2D eigenvalue weighted by molar-refractivity contribution is 7.80. The molecule has 3 aliphatic heterocycles. The summed E-state index contributed by atoms with van der Waals surface area (Å²) < 4.78 is 11.1. The number of ether oxygens (including phenoxy) is 2. The molecule has 3 heterocycles. The van der Waals surface area contributed by atoms with Crippen LogP contribution < -0.4 is 25.4 Å². The molecule has 13 heteroatoms. The molecule has 0 aromatic heterocycles. The molecule has 0 spiro atoms. The van der Waals surface area contributed by atoms with Crippen LogP contribution in [0.3, 0.4) is 0 Å². The van der Waals surface area contributed by atoms with Crippen molar-refractivity contribution in [1.29, 1.82) is 5.26 Å². The molecule has 3 aliphatic rings. The minimum atomic E-state index is -0.805. The number of aromatic hydroxyl groups is 3. The average Bonchev–Trinajstić information content (AvgIpc) is 3.07. The first-order chi connectivity index (χ1) is 23.4. The SMILES string of the molecule is COc1c(C)cc2c(c1O)[C@@H]1C3=Cc4c(O)c(C)c(OC)c(O)c4[C@H](CNC(=O)[C@H](C)NC(=S)Nc4ccccc4)N3[C@@H](C#N)[C@H](C2)N1C. The number of amides is 1. The van der Waals surface area contributed by atoms with Crippen molar-refractivity contribution in [2.45, 2.75) is 57.4 Å². The molecule has 2 bridgehead atoms. The first-order valence-electron chi connectivity index (χ1n) is 16.0. The Morgan fingerprint density at radius 2 is 1.76 bits per heavy atom. The van der Waals surface area contributed by atoms with Gasteiger partial charge in [0.25, 0.3) is 0 Å². The van der Waals surface area contributed by atoms with Crippen LogP contribution in [-0.2, 0) is 11.2 Å². The molecule has 1 saturated heterocycles. The lowest BCUT2D eigenvalue weighted by Crippen LogP contribution is -2.62. The fraction of sp³-hybridized carbons (Fsp3) is 0.361. The number of phenols is 3. The molecule has 6 rings (SSSR count). The van der Waals surface area contributed by atoms with Crippen molar-refractivity contribution in [3.63, 3.8) is 0 Å². The Hall–Kier alpha value is -5.19. The molecular weight excluding hydrogens is 644 g/mol. The fourth-order valence-electron chi connectivity index (χ4n) is 7.60. The summed E-state index contributed by atoms with van der Waals surface area (Å²) in [6.07, 6.45) is 2.23. The van der Waals surface area contributed by atoms with E-state index < -0.39 is 24.2 Å². The minimum Gasteiger partial charge on any atom is -0.507 e.